The fourth-order valence-electron chi connectivity index (χ4n) is 3.66. The van der Waals surface area contributed by atoms with E-state index in [9.17, 15) is 13.6 Å². The summed E-state index contributed by atoms with van der Waals surface area (Å²) >= 11 is 1.46. The Labute approximate surface area is 174 Å². The molecule has 4 nitrogen and oxygen atoms in total. The third-order valence-corrected chi connectivity index (χ3v) is 5.70. The van der Waals surface area contributed by atoms with Gasteiger partial charge in [0.15, 0.2) is 0 Å². The minimum atomic E-state index is -3.22. The molecule has 0 spiro atoms. The number of alkyl halides is 2. The summed E-state index contributed by atoms with van der Waals surface area (Å²) in [5.41, 5.74) is 1.22. The fourth-order valence-corrected chi connectivity index (χ4v) is 4.51. The molecule has 156 valence electrons. The quantitative estimate of drug-likeness (QED) is 0.580. The molecule has 1 aromatic heterocycles. The van der Waals surface area contributed by atoms with Gasteiger partial charge in [0.1, 0.15) is 11.4 Å². The van der Waals surface area contributed by atoms with Crippen LogP contribution in [0.4, 0.5) is 8.78 Å². The maximum Gasteiger partial charge on any atom is 0.394 e. The summed E-state index contributed by atoms with van der Waals surface area (Å²) in [7, 11) is 0. The summed E-state index contributed by atoms with van der Waals surface area (Å²) in [5, 5.41) is 0. The number of amides is 1. The third-order valence-electron chi connectivity index (χ3n) is 4.67. The Morgan fingerprint density at radius 3 is 2.59 bits per heavy atom. The van der Waals surface area contributed by atoms with Crippen LogP contribution >= 0.6 is 11.8 Å². The summed E-state index contributed by atoms with van der Waals surface area (Å²) in [6.07, 6.45) is -2.08. The normalized spacial score (nSPS) is 19.8. The smallest absolute Gasteiger partial charge is 0.394 e. The van der Waals surface area contributed by atoms with Crippen LogP contribution in [0.3, 0.4) is 0 Å². The highest BCUT2D eigenvalue weighted by atomic mass is 32.2. The van der Waals surface area contributed by atoms with Crippen molar-refractivity contribution in [1.82, 2.24) is 9.88 Å². The molecule has 29 heavy (non-hydrogen) atoms. The van der Waals surface area contributed by atoms with Gasteiger partial charge in [-0.25, -0.2) is 4.98 Å². The van der Waals surface area contributed by atoms with E-state index in [-0.39, 0.29) is 11.7 Å². The topological polar surface area (TPSA) is 42.4 Å². The lowest BCUT2D eigenvalue weighted by atomic mass is 9.92. The molecule has 2 aromatic rings. The Balaban J connectivity index is 1.64. The maximum atomic E-state index is 13.0. The Hall–Kier alpha value is -2.15. The summed E-state index contributed by atoms with van der Waals surface area (Å²) in [5.74, 6) is 1.60. The van der Waals surface area contributed by atoms with Crippen molar-refractivity contribution in [2.24, 2.45) is 11.8 Å². The lowest BCUT2D eigenvalue weighted by molar-refractivity contribution is -0.159. The van der Waals surface area contributed by atoms with Crippen molar-refractivity contribution >= 4 is 17.7 Å². The zero-order valence-corrected chi connectivity index (χ0v) is 17.7. The summed E-state index contributed by atoms with van der Waals surface area (Å²) < 4.78 is 30.7. The molecule has 1 aliphatic rings. The summed E-state index contributed by atoms with van der Waals surface area (Å²) in [6.45, 7) is 6.58. The van der Waals surface area contributed by atoms with Crippen LogP contribution < -0.4 is 4.74 Å². The molecule has 1 aliphatic heterocycles. The largest absolute Gasteiger partial charge is 0.433 e. The maximum absolute atomic E-state index is 13.0. The molecule has 1 fully saturated rings. The number of likely N-dealkylation sites (tertiary alicyclic amines) is 1. The van der Waals surface area contributed by atoms with Gasteiger partial charge in [-0.05, 0) is 48.6 Å². The van der Waals surface area contributed by atoms with Crippen molar-refractivity contribution in [3.05, 3.63) is 53.9 Å². The van der Waals surface area contributed by atoms with Crippen molar-refractivity contribution in [3.8, 4) is 5.75 Å². The first-order valence-electron chi connectivity index (χ1n) is 9.74. The first kappa shape index (κ1) is 21.6. The highest BCUT2D eigenvalue weighted by Gasteiger charge is 2.27. The number of pyridine rings is 1. The van der Waals surface area contributed by atoms with Crippen molar-refractivity contribution in [1.29, 1.82) is 0 Å². The van der Waals surface area contributed by atoms with Crippen LogP contribution in [0.25, 0.3) is 0 Å². The zero-order valence-electron chi connectivity index (χ0n) is 16.9. The van der Waals surface area contributed by atoms with Crippen molar-refractivity contribution in [2.45, 2.75) is 43.9 Å². The molecular formula is C22H26F2N2O2S. The van der Waals surface area contributed by atoms with E-state index in [0.29, 0.717) is 30.2 Å². The fraction of sp³-hybridized carbons (Fsp3) is 0.455. The van der Waals surface area contributed by atoms with Crippen LogP contribution in [0, 0.1) is 11.8 Å². The number of hydrogen-bond acceptors (Lipinski definition) is 4. The van der Waals surface area contributed by atoms with Gasteiger partial charge in [0.2, 0.25) is 0 Å². The highest BCUT2D eigenvalue weighted by molar-refractivity contribution is 7.98. The van der Waals surface area contributed by atoms with E-state index in [2.05, 4.69) is 23.6 Å². The number of rotatable bonds is 6. The van der Waals surface area contributed by atoms with Crippen molar-refractivity contribution in [3.63, 3.8) is 0 Å². The average molecular weight is 421 g/mol. The van der Waals surface area contributed by atoms with E-state index in [0.717, 1.165) is 30.1 Å². The number of nitrogens with zero attached hydrogens (tertiary/aromatic N) is 2. The second-order valence-corrected chi connectivity index (χ2v) is 8.89. The predicted octanol–water partition coefficient (Wildman–Crippen LogP) is 5.48. The molecule has 2 unspecified atom stereocenters. The number of carbonyl (C=O) groups excluding carboxylic acids is 1. The third kappa shape index (κ3) is 6.42. The van der Waals surface area contributed by atoms with Crippen LogP contribution in [-0.2, 0) is 5.75 Å². The van der Waals surface area contributed by atoms with Gasteiger partial charge in [-0.2, -0.15) is 8.78 Å². The molecule has 1 aromatic carbocycles. The number of thioether (sulfide) groups is 1. The number of aromatic nitrogens is 1. The number of carbonyl (C=O) groups is 1. The minimum absolute atomic E-state index is 0.0316. The summed E-state index contributed by atoms with van der Waals surface area (Å²) in [6, 6.07) is 12.0. The van der Waals surface area contributed by atoms with Gasteiger partial charge in [-0.15, -0.1) is 11.8 Å². The molecule has 7 heteroatoms. The van der Waals surface area contributed by atoms with Crippen LogP contribution in [0.2, 0.25) is 0 Å². The van der Waals surface area contributed by atoms with E-state index < -0.39 is 6.11 Å². The molecule has 0 N–H and O–H groups in total. The van der Waals surface area contributed by atoms with E-state index in [1.165, 1.54) is 17.8 Å². The standard InChI is InChI=1S/C22H26F2N2O2S/c1-15-10-16(2)13-26(12-15)21(27)20-9-4-6-17(25-20)14-29-19-8-5-7-18(11-19)28-22(3,23)24/h4-9,11,15-16H,10,12-14H2,1-3H3. The SMILES string of the molecule is CC1CC(C)CN(C(=O)c2cccc(CSc3cccc(OC(C)(F)F)c3)n2)C1. The molecule has 1 amide bonds. The monoisotopic (exact) mass is 420 g/mol. The first-order chi connectivity index (χ1) is 13.7. The van der Waals surface area contributed by atoms with Crippen molar-refractivity contribution < 1.29 is 18.3 Å². The van der Waals surface area contributed by atoms with E-state index in [1.807, 2.05) is 23.1 Å². The van der Waals surface area contributed by atoms with Crippen LogP contribution in [0.1, 0.15) is 43.4 Å². The molecule has 0 bridgehead atoms. The predicted molar refractivity (Wildman–Crippen MR) is 110 cm³/mol. The van der Waals surface area contributed by atoms with Crippen molar-refractivity contribution in [2.75, 3.05) is 13.1 Å². The van der Waals surface area contributed by atoms with E-state index >= 15 is 0 Å². The summed E-state index contributed by atoms with van der Waals surface area (Å²) in [4.78, 5) is 20.1. The number of benzene rings is 1. The Bertz CT molecular complexity index is 847. The van der Waals surface area contributed by atoms with Gasteiger partial charge in [0, 0.05) is 30.7 Å². The second kappa shape index (κ2) is 9.11. The van der Waals surface area contributed by atoms with Gasteiger partial charge in [0.05, 0.1) is 5.69 Å². The molecule has 2 atom stereocenters. The Kier molecular flexibility index (Phi) is 6.77. The average Bonchev–Trinajstić information content (AvgIpc) is 2.64. The highest BCUT2D eigenvalue weighted by Crippen LogP contribution is 2.28. The Morgan fingerprint density at radius 2 is 1.90 bits per heavy atom. The van der Waals surface area contributed by atoms with Gasteiger partial charge >= 0.3 is 6.11 Å². The molecule has 1 saturated heterocycles. The minimum Gasteiger partial charge on any atom is -0.433 e. The number of piperidine rings is 1. The first-order valence-corrected chi connectivity index (χ1v) is 10.7. The second-order valence-electron chi connectivity index (χ2n) is 7.84. The Morgan fingerprint density at radius 1 is 1.21 bits per heavy atom. The van der Waals surface area contributed by atoms with E-state index in [1.54, 1.807) is 18.2 Å². The van der Waals surface area contributed by atoms with Crippen LogP contribution in [0.5, 0.6) is 5.75 Å². The molecule has 0 aliphatic carbocycles. The molecule has 3 rings (SSSR count). The molecule has 2 heterocycles. The number of hydrogen-bond donors (Lipinski definition) is 0. The number of ether oxygens (including phenoxy) is 1. The lowest BCUT2D eigenvalue weighted by Gasteiger charge is -2.34. The van der Waals surface area contributed by atoms with Crippen LogP contribution in [0.15, 0.2) is 47.4 Å². The molecular weight excluding hydrogens is 394 g/mol. The van der Waals surface area contributed by atoms with Gasteiger partial charge in [-0.1, -0.05) is 26.0 Å². The zero-order chi connectivity index (χ0) is 21.0. The lowest BCUT2D eigenvalue weighted by Crippen LogP contribution is -2.42. The molecule has 0 saturated carbocycles. The van der Waals surface area contributed by atoms with Gasteiger partial charge in [0.25, 0.3) is 5.91 Å². The van der Waals surface area contributed by atoms with Gasteiger partial charge in [-0.3, -0.25) is 4.79 Å². The van der Waals surface area contributed by atoms with Crippen LogP contribution in [-0.4, -0.2) is 35.0 Å². The van der Waals surface area contributed by atoms with E-state index in [4.69, 9.17) is 0 Å². The van der Waals surface area contributed by atoms with Gasteiger partial charge < -0.3 is 9.64 Å². The molecule has 0 radical (unpaired) electrons. The number of halogens is 2.